The number of nitriles is 1. The van der Waals surface area contributed by atoms with Crippen LogP contribution in [0.3, 0.4) is 0 Å². The Kier molecular flexibility index (Phi) is 5.68. The number of phenols is 1. The lowest BCUT2D eigenvalue weighted by Crippen LogP contribution is -2.52. The predicted octanol–water partition coefficient (Wildman–Crippen LogP) is 2.93. The number of hydrogen-bond donors (Lipinski definition) is 2. The van der Waals surface area contributed by atoms with E-state index in [-0.39, 0.29) is 16.3 Å². The molecule has 1 aromatic rings. The molecule has 0 saturated heterocycles. The molecule has 7 heteroatoms. The van der Waals surface area contributed by atoms with Gasteiger partial charge in [-0.15, -0.1) is 0 Å². The zero-order valence-electron chi connectivity index (χ0n) is 13.3. The molecule has 128 valence electrons. The molecule has 24 heavy (non-hydrogen) atoms. The molecule has 1 saturated carbocycles. The Morgan fingerprint density at radius 2 is 2.04 bits per heavy atom. The van der Waals surface area contributed by atoms with E-state index in [1.54, 1.807) is 0 Å². The van der Waals surface area contributed by atoms with Crippen LogP contribution in [0.5, 0.6) is 5.75 Å². The molecule has 6 nitrogen and oxygen atoms in total. The van der Waals surface area contributed by atoms with Crippen molar-refractivity contribution in [3.63, 3.8) is 0 Å². The van der Waals surface area contributed by atoms with Gasteiger partial charge < -0.3 is 15.2 Å². The van der Waals surface area contributed by atoms with E-state index in [2.05, 4.69) is 11.4 Å². The number of nitrogens with zero attached hydrogens (tertiary/aromatic N) is 1. The van der Waals surface area contributed by atoms with Crippen molar-refractivity contribution >= 4 is 23.5 Å². The molecule has 1 amide bonds. The lowest BCUT2D eigenvalue weighted by atomic mass is 9.83. The predicted molar refractivity (Wildman–Crippen MR) is 87.6 cm³/mol. The number of nitrogens with one attached hydrogen (secondary N) is 1. The molecule has 1 fully saturated rings. The van der Waals surface area contributed by atoms with Gasteiger partial charge in [-0.05, 0) is 38.0 Å². The van der Waals surface area contributed by atoms with Crippen molar-refractivity contribution in [1.29, 1.82) is 5.26 Å². The highest BCUT2D eigenvalue weighted by molar-refractivity contribution is 6.30. The number of hydrogen-bond acceptors (Lipinski definition) is 5. The van der Waals surface area contributed by atoms with E-state index in [9.17, 15) is 20.0 Å². The standard InChI is InChI=1S/C17H19ClN2O4/c1-11(15(22)20-17(10-19)7-3-2-4-8-17)24-16(23)13-6-5-12(18)9-14(13)21/h5-6,9,11,21H,2-4,7-8H2,1H3,(H,20,22). The molecule has 1 unspecified atom stereocenters. The molecule has 0 spiro atoms. The summed E-state index contributed by atoms with van der Waals surface area (Å²) in [4.78, 5) is 24.3. The minimum atomic E-state index is -1.08. The Morgan fingerprint density at radius 1 is 1.38 bits per heavy atom. The second kappa shape index (κ2) is 7.54. The van der Waals surface area contributed by atoms with Crippen LogP contribution in [0.4, 0.5) is 0 Å². The second-order valence-corrected chi connectivity index (χ2v) is 6.39. The quantitative estimate of drug-likeness (QED) is 0.813. The number of esters is 1. The topological polar surface area (TPSA) is 99.4 Å². The van der Waals surface area contributed by atoms with Crippen molar-refractivity contribution in [3.05, 3.63) is 28.8 Å². The molecule has 1 aliphatic carbocycles. The van der Waals surface area contributed by atoms with Crippen LogP contribution < -0.4 is 5.32 Å². The number of rotatable bonds is 4. The molecule has 0 aliphatic heterocycles. The molecule has 1 atom stereocenters. The van der Waals surface area contributed by atoms with Crippen LogP contribution in [0.2, 0.25) is 5.02 Å². The molecular formula is C17H19ClN2O4. The van der Waals surface area contributed by atoms with Gasteiger partial charge in [0.1, 0.15) is 16.9 Å². The van der Waals surface area contributed by atoms with E-state index in [4.69, 9.17) is 16.3 Å². The van der Waals surface area contributed by atoms with Crippen LogP contribution in [0.15, 0.2) is 18.2 Å². The molecule has 2 N–H and O–H groups in total. The van der Waals surface area contributed by atoms with E-state index >= 15 is 0 Å². The van der Waals surface area contributed by atoms with Gasteiger partial charge in [-0.25, -0.2) is 4.79 Å². The number of phenolic OH excluding ortho intramolecular Hbond substituents is 1. The minimum absolute atomic E-state index is 0.0771. The maximum absolute atomic E-state index is 12.3. The summed E-state index contributed by atoms with van der Waals surface area (Å²) in [5, 5.41) is 22.1. The zero-order chi connectivity index (χ0) is 17.7. The third-order valence-corrected chi connectivity index (χ3v) is 4.35. The first-order chi connectivity index (χ1) is 11.4. The number of carbonyl (C=O) groups is 2. The third-order valence-electron chi connectivity index (χ3n) is 4.12. The molecule has 2 rings (SSSR count). The Labute approximate surface area is 145 Å². The Balaban J connectivity index is 2.00. The summed E-state index contributed by atoms with van der Waals surface area (Å²) in [6.07, 6.45) is 2.89. The Morgan fingerprint density at radius 3 is 2.62 bits per heavy atom. The molecule has 1 aromatic carbocycles. The normalized spacial score (nSPS) is 17.4. The van der Waals surface area contributed by atoms with Crippen LogP contribution in [0.25, 0.3) is 0 Å². The maximum Gasteiger partial charge on any atom is 0.342 e. The molecule has 0 bridgehead atoms. The summed E-state index contributed by atoms with van der Waals surface area (Å²) < 4.78 is 5.09. The third kappa shape index (κ3) is 4.18. The van der Waals surface area contributed by atoms with Crippen molar-refractivity contribution in [2.45, 2.75) is 50.7 Å². The van der Waals surface area contributed by atoms with Crippen molar-refractivity contribution in [2.24, 2.45) is 0 Å². The average molecular weight is 351 g/mol. The largest absolute Gasteiger partial charge is 0.507 e. The van der Waals surface area contributed by atoms with Gasteiger partial charge in [-0.3, -0.25) is 4.79 Å². The smallest absolute Gasteiger partial charge is 0.342 e. The van der Waals surface area contributed by atoms with Crippen molar-refractivity contribution in [3.8, 4) is 11.8 Å². The lowest BCUT2D eigenvalue weighted by Gasteiger charge is -2.32. The summed E-state index contributed by atoms with van der Waals surface area (Å²) in [6.45, 7) is 1.42. The Bertz CT molecular complexity index is 678. The number of carbonyl (C=O) groups excluding carboxylic acids is 2. The highest BCUT2D eigenvalue weighted by Gasteiger charge is 2.35. The monoisotopic (exact) mass is 350 g/mol. The van der Waals surface area contributed by atoms with Gasteiger partial charge in [0.25, 0.3) is 5.91 Å². The summed E-state index contributed by atoms with van der Waals surface area (Å²) in [6, 6.07) is 6.16. The maximum atomic E-state index is 12.3. The molecule has 1 aliphatic rings. The van der Waals surface area contributed by atoms with Crippen molar-refractivity contribution < 1.29 is 19.4 Å². The number of halogens is 1. The molecule has 0 heterocycles. The Hall–Kier alpha value is -2.26. The van der Waals surface area contributed by atoms with E-state index < -0.39 is 23.5 Å². The van der Waals surface area contributed by atoms with Crippen LogP contribution in [-0.2, 0) is 9.53 Å². The molecule has 0 radical (unpaired) electrons. The van der Waals surface area contributed by atoms with Gasteiger partial charge in [-0.1, -0.05) is 30.9 Å². The van der Waals surface area contributed by atoms with Gasteiger partial charge in [0.15, 0.2) is 6.10 Å². The zero-order valence-corrected chi connectivity index (χ0v) is 14.1. The first kappa shape index (κ1) is 18.1. The average Bonchev–Trinajstić information content (AvgIpc) is 2.55. The van der Waals surface area contributed by atoms with Gasteiger partial charge in [0.2, 0.25) is 0 Å². The summed E-state index contributed by atoms with van der Waals surface area (Å²) in [5.74, 6) is -1.68. The highest BCUT2D eigenvalue weighted by Crippen LogP contribution is 2.28. The van der Waals surface area contributed by atoms with Crippen molar-refractivity contribution in [1.82, 2.24) is 5.32 Å². The first-order valence-corrected chi connectivity index (χ1v) is 8.17. The van der Waals surface area contributed by atoms with Crippen LogP contribution in [-0.4, -0.2) is 28.6 Å². The lowest BCUT2D eigenvalue weighted by molar-refractivity contribution is -0.130. The summed E-state index contributed by atoms with van der Waals surface area (Å²) in [7, 11) is 0. The van der Waals surface area contributed by atoms with Gasteiger partial charge in [0.05, 0.1) is 6.07 Å². The highest BCUT2D eigenvalue weighted by atomic mass is 35.5. The molecular weight excluding hydrogens is 332 g/mol. The van der Waals surface area contributed by atoms with E-state index in [0.717, 1.165) is 19.3 Å². The summed E-state index contributed by atoms with van der Waals surface area (Å²) >= 11 is 5.71. The van der Waals surface area contributed by atoms with Crippen molar-refractivity contribution in [2.75, 3.05) is 0 Å². The molecule has 0 aromatic heterocycles. The SMILES string of the molecule is CC(OC(=O)c1ccc(Cl)cc1O)C(=O)NC1(C#N)CCCCC1. The number of amides is 1. The first-order valence-electron chi connectivity index (χ1n) is 7.80. The van der Waals surface area contributed by atoms with Gasteiger partial charge in [-0.2, -0.15) is 5.26 Å². The van der Waals surface area contributed by atoms with Crippen LogP contribution >= 0.6 is 11.6 Å². The number of ether oxygens (including phenoxy) is 1. The number of benzene rings is 1. The fourth-order valence-electron chi connectivity index (χ4n) is 2.71. The van der Waals surface area contributed by atoms with Gasteiger partial charge >= 0.3 is 5.97 Å². The van der Waals surface area contributed by atoms with Gasteiger partial charge in [0, 0.05) is 5.02 Å². The van der Waals surface area contributed by atoms with E-state index in [1.165, 1.54) is 25.1 Å². The fourth-order valence-corrected chi connectivity index (χ4v) is 2.88. The van der Waals surface area contributed by atoms with Crippen LogP contribution in [0, 0.1) is 11.3 Å². The fraction of sp³-hybridized carbons (Fsp3) is 0.471. The van der Waals surface area contributed by atoms with E-state index in [1.807, 2.05) is 0 Å². The number of aromatic hydroxyl groups is 1. The second-order valence-electron chi connectivity index (χ2n) is 5.95. The van der Waals surface area contributed by atoms with Crippen LogP contribution in [0.1, 0.15) is 49.4 Å². The van der Waals surface area contributed by atoms with E-state index in [0.29, 0.717) is 12.8 Å². The minimum Gasteiger partial charge on any atom is -0.507 e. The summed E-state index contributed by atoms with van der Waals surface area (Å²) in [5.41, 5.74) is -0.968.